The minimum atomic E-state index is -3.80. The van der Waals surface area contributed by atoms with Crippen LogP contribution in [0.3, 0.4) is 0 Å². The third-order valence-corrected chi connectivity index (χ3v) is 16.9. The molecule has 3 saturated heterocycles. The summed E-state index contributed by atoms with van der Waals surface area (Å²) >= 11 is 7.41. The number of urea groups is 1. The number of aliphatic carboxylic acids is 1. The second kappa shape index (κ2) is 19.1. The molecule has 17 nitrogen and oxygen atoms in total. The van der Waals surface area contributed by atoms with Crippen molar-refractivity contribution in [2.45, 2.75) is 81.7 Å². The Balaban J connectivity index is 0.802. The van der Waals surface area contributed by atoms with E-state index in [0.29, 0.717) is 65.4 Å². The van der Waals surface area contributed by atoms with Crippen molar-refractivity contribution in [2.24, 2.45) is 0 Å². The number of nitrogens with zero attached hydrogens (tertiary/aromatic N) is 4. The number of fused-ring (bicyclic) bond motifs is 3. The minimum Gasteiger partial charge on any atom is -0.479 e. The van der Waals surface area contributed by atoms with Gasteiger partial charge in [0, 0.05) is 66.0 Å². The summed E-state index contributed by atoms with van der Waals surface area (Å²) in [6.45, 7) is 4.35. The smallest absolute Gasteiger partial charge is 0.349 e. The zero-order valence-electron chi connectivity index (χ0n) is 37.7. The highest BCUT2D eigenvalue weighted by Gasteiger charge is 2.42. The Morgan fingerprint density at radius 2 is 1.70 bits per heavy atom. The summed E-state index contributed by atoms with van der Waals surface area (Å²) < 4.78 is 36.9. The molecule has 3 aromatic carbocycles. The summed E-state index contributed by atoms with van der Waals surface area (Å²) in [6, 6.07) is 23.4. The van der Waals surface area contributed by atoms with Gasteiger partial charge in [-0.25, -0.2) is 27.8 Å². The molecule has 6 aromatic rings. The SMILES string of the molecule is CC1(C)C[C@@H](Nc2cccc(-c3sc(C(=O)O)c(OCC(=O)O)c3Cl)c2)CCN1S(=O)(=O)Cc1cccc(NC(=O)N2CCC(c3ccc4c(c3)c3cccnc3n4C3CCC(=O)NC3=O)CC2)c1. The third-order valence-electron chi connectivity index (χ3n) is 13.2. The van der Waals surface area contributed by atoms with Crippen LogP contribution in [0, 0.1) is 0 Å². The molecule has 4 amide bonds. The van der Waals surface area contributed by atoms with E-state index in [1.165, 1.54) is 0 Å². The largest absolute Gasteiger partial charge is 0.479 e. The van der Waals surface area contributed by atoms with Crippen molar-refractivity contribution in [3.05, 3.63) is 106 Å². The average molecular weight is 997 g/mol. The number of benzene rings is 3. The average Bonchev–Trinajstić information content (AvgIpc) is 3.82. The highest BCUT2D eigenvalue weighted by atomic mass is 35.5. The lowest BCUT2D eigenvalue weighted by molar-refractivity contribution is -0.139. The zero-order valence-corrected chi connectivity index (χ0v) is 40.1. The lowest BCUT2D eigenvalue weighted by Crippen LogP contribution is -2.55. The van der Waals surface area contributed by atoms with Gasteiger partial charge in [0.05, 0.1) is 16.1 Å². The number of carboxylic acids is 2. The number of aromatic carboxylic acids is 1. The number of hydrogen-bond donors (Lipinski definition) is 5. The Morgan fingerprint density at radius 3 is 2.43 bits per heavy atom. The monoisotopic (exact) mass is 995 g/mol. The Morgan fingerprint density at radius 1 is 0.928 bits per heavy atom. The van der Waals surface area contributed by atoms with Gasteiger partial charge in [0.2, 0.25) is 21.8 Å². The van der Waals surface area contributed by atoms with Gasteiger partial charge in [-0.15, -0.1) is 11.3 Å². The Hall–Kier alpha value is -6.54. The topological polar surface area (TPSA) is 230 Å². The van der Waals surface area contributed by atoms with Crippen molar-refractivity contribution in [3.8, 4) is 16.2 Å². The second-order valence-electron chi connectivity index (χ2n) is 18.3. The number of halogens is 1. The molecular weight excluding hydrogens is 946 g/mol. The van der Waals surface area contributed by atoms with Crippen molar-refractivity contribution in [2.75, 3.05) is 36.9 Å². The first-order valence-corrected chi connectivity index (χ1v) is 25.4. The van der Waals surface area contributed by atoms with Crippen LogP contribution in [0.5, 0.6) is 5.75 Å². The number of likely N-dealkylation sites (tertiary alicyclic amines) is 1. The van der Waals surface area contributed by atoms with E-state index in [9.17, 15) is 37.5 Å². The number of pyridine rings is 1. The van der Waals surface area contributed by atoms with Crippen molar-refractivity contribution < 1.29 is 47.3 Å². The van der Waals surface area contributed by atoms with Crippen LogP contribution in [0.4, 0.5) is 16.2 Å². The highest BCUT2D eigenvalue weighted by molar-refractivity contribution is 7.88. The number of ether oxygens (including phenoxy) is 1. The fourth-order valence-corrected chi connectivity index (χ4v) is 13.4. The standard InChI is InChI=1S/C49H50ClN7O10S2/c1-49(2)25-34(52-33-9-4-7-31(23-33)43-41(50)42(67-26-40(59)60)44(68-43)47(62)63)17-21-56(49)69(65,66)27-28-6-3-8-32(22-28)53-48(64)55-19-15-29(16-20-55)30-11-12-37-36(24-30)35-10-5-18-51-45(35)57(37)38-13-14-39(58)54-46(38)61/h3-12,18,22-24,29,34,38,52H,13-17,19-21,25-27H2,1-2H3,(H,53,64)(H,59,60)(H,62,63)(H,54,58,61)/t34-,38?/m0/s1. The number of amides is 4. The Bertz CT molecular complexity index is 3150. The van der Waals surface area contributed by atoms with Gasteiger partial charge in [-0.1, -0.05) is 41.9 Å². The number of thiophene rings is 1. The van der Waals surface area contributed by atoms with Crippen molar-refractivity contribution in [1.29, 1.82) is 0 Å². The normalized spacial score (nSPS) is 19.1. The van der Waals surface area contributed by atoms with E-state index >= 15 is 0 Å². The van der Waals surface area contributed by atoms with Crippen LogP contribution >= 0.6 is 22.9 Å². The number of rotatable bonds is 13. The molecule has 0 radical (unpaired) electrons. The maximum Gasteiger partial charge on any atom is 0.349 e. The van der Waals surface area contributed by atoms with Gasteiger partial charge in [-0.3, -0.25) is 14.9 Å². The van der Waals surface area contributed by atoms with Crippen LogP contribution in [0.15, 0.2) is 85.1 Å². The molecule has 5 N–H and O–H groups in total. The zero-order chi connectivity index (χ0) is 48.8. The summed E-state index contributed by atoms with van der Waals surface area (Å²) in [4.78, 5) is 68.0. The molecule has 6 heterocycles. The molecule has 9 rings (SSSR count). The number of carbonyl (C=O) groups is 5. The van der Waals surface area contributed by atoms with Crippen LogP contribution < -0.4 is 20.7 Å². The molecule has 0 saturated carbocycles. The van der Waals surface area contributed by atoms with E-state index in [2.05, 4.69) is 33.1 Å². The number of piperidine rings is 3. The van der Waals surface area contributed by atoms with Crippen molar-refractivity contribution in [1.82, 2.24) is 24.1 Å². The van der Waals surface area contributed by atoms with E-state index in [0.717, 1.165) is 46.0 Å². The second-order valence-corrected chi connectivity index (χ2v) is 21.6. The Labute approximate surface area is 406 Å². The lowest BCUT2D eigenvalue weighted by Gasteiger charge is -2.45. The van der Waals surface area contributed by atoms with E-state index in [-0.39, 0.29) is 64.2 Å². The molecule has 3 aliphatic rings. The first-order chi connectivity index (χ1) is 33.0. The van der Waals surface area contributed by atoms with Gasteiger partial charge < -0.3 is 35.1 Å². The van der Waals surface area contributed by atoms with Gasteiger partial charge >= 0.3 is 18.0 Å². The van der Waals surface area contributed by atoms with Crippen LogP contribution in [0.2, 0.25) is 5.02 Å². The fraction of sp³-hybridized carbons (Fsp3) is 0.347. The predicted molar refractivity (Wildman–Crippen MR) is 263 cm³/mol. The molecular formula is C49H50ClN7O10S2. The number of carbonyl (C=O) groups excluding carboxylic acids is 3. The number of nitrogens with one attached hydrogen (secondary N) is 3. The molecule has 20 heteroatoms. The quantitative estimate of drug-likeness (QED) is 0.0689. The molecule has 3 aliphatic heterocycles. The summed E-state index contributed by atoms with van der Waals surface area (Å²) in [7, 11) is -3.80. The minimum absolute atomic E-state index is 0.00168. The predicted octanol–water partition coefficient (Wildman–Crippen LogP) is 8.31. The molecule has 0 aliphatic carbocycles. The van der Waals surface area contributed by atoms with Gasteiger partial charge in [-0.2, -0.15) is 4.31 Å². The molecule has 0 bridgehead atoms. The number of aromatic nitrogens is 2. The van der Waals surface area contributed by atoms with Gasteiger partial charge in [0.25, 0.3) is 0 Å². The van der Waals surface area contributed by atoms with E-state index in [4.69, 9.17) is 21.4 Å². The molecule has 3 fully saturated rings. The van der Waals surface area contributed by atoms with Crippen LogP contribution in [-0.4, -0.2) is 105 Å². The maximum atomic E-state index is 14.1. The number of imide groups is 1. The number of carboxylic acid groups (broad SMARTS) is 2. The van der Waals surface area contributed by atoms with Gasteiger partial charge in [0.1, 0.15) is 16.7 Å². The van der Waals surface area contributed by atoms with Crippen molar-refractivity contribution >= 4 is 96.1 Å². The third kappa shape index (κ3) is 9.86. The summed E-state index contributed by atoms with van der Waals surface area (Å²) in [5.41, 5.74) is 4.31. The molecule has 2 atom stereocenters. The molecule has 69 heavy (non-hydrogen) atoms. The molecule has 3 aromatic heterocycles. The number of sulfonamides is 1. The van der Waals surface area contributed by atoms with Crippen LogP contribution in [0.1, 0.15) is 85.1 Å². The summed E-state index contributed by atoms with van der Waals surface area (Å²) in [5, 5.41) is 29.7. The van der Waals surface area contributed by atoms with Crippen LogP contribution in [0.25, 0.3) is 32.4 Å². The first-order valence-electron chi connectivity index (χ1n) is 22.6. The van der Waals surface area contributed by atoms with E-state index < -0.39 is 40.1 Å². The lowest BCUT2D eigenvalue weighted by atomic mass is 9.88. The van der Waals surface area contributed by atoms with Crippen LogP contribution in [-0.2, 0) is 30.2 Å². The fourth-order valence-electron chi connectivity index (χ4n) is 10.0. The molecule has 0 spiro atoms. The number of hydrogen-bond acceptors (Lipinski definition) is 11. The summed E-state index contributed by atoms with van der Waals surface area (Å²) in [5.74, 6) is -3.42. The number of anilines is 2. The van der Waals surface area contributed by atoms with E-state index in [1.54, 1.807) is 51.8 Å². The van der Waals surface area contributed by atoms with Crippen molar-refractivity contribution in [3.63, 3.8) is 0 Å². The molecule has 360 valence electrons. The Kier molecular flexibility index (Phi) is 13.2. The molecule has 1 unspecified atom stereocenters. The summed E-state index contributed by atoms with van der Waals surface area (Å²) in [6.07, 6.45) is 4.84. The first kappa shape index (κ1) is 47.5. The van der Waals surface area contributed by atoms with Gasteiger partial charge in [0.15, 0.2) is 17.2 Å². The highest BCUT2D eigenvalue weighted by Crippen LogP contribution is 2.46. The maximum absolute atomic E-state index is 14.1. The van der Waals surface area contributed by atoms with E-state index in [1.807, 2.05) is 48.7 Å². The van der Waals surface area contributed by atoms with Gasteiger partial charge in [-0.05, 0) is 117 Å².